The van der Waals surface area contributed by atoms with E-state index in [0.717, 1.165) is 22.4 Å². The van der Waals surface area contributed by atoms with Gasteiger partial charge in [-0.1, -0.05) is 91.0 Å². The number of alkyl halides is 6. The Morgan fingerprint density at radius 2 is 0.949 bits per heavy atom. The van der Waals surface area contributed by atoms with Crippen molar-refractivity contribution in [2.45, 2.75) is 26.2 Å². The zero-order chi connectivity index (χ0) is 41.1. The second kappa shape index (κ2) is 14.3. The fraction of sp³-hybridized carbons (Fsp3) is 0.0870. The molecule has 290 valence electrons. The number of aryl methyl sites for hydroxylation is 2. The third-order valence-electron chi connectivity index (χ3n) is 9.93. The summed E-state index contributed by atoms with van der Waals surface area (Å²) in [6.07, 6.45) is -10.1. The molecule has 9 aromatic rings. The van der Waals surface area contributed by atoms with Crippen LogP contribution in [0, 0.1) is 13.8 Å². The Hall–Kier alpha value is -7.28. The number of benzene rings is 6. The van der Waals surface area contributed by atoms with Crippen molar-refractivity contribution in [3.8, 4) is 62.4 Å². The average molecular weight is 794 g/mol. The maximum atomic E-state index is 14.7. The molecular weight excluding hydrogens is 765 g/mol. The number of halogens is 6. The lowest BCUT2D eigenvalue weighted by Crippen LogP contribution is -2.12. The molecule has 0 atom stereocenters. The van der Waals surface area contributed by atoms with Crippen LogP contribution in [0.1, 0.15) is 22.8 Å². The monoisotopic (exact) mass is 793 g/mol. The van der Waals surface area contributed by atoms with Crippen molar-refractivity contribution >= 4 is 21.8 Å². The van der Waals surface area contributed by atoms with E-state index in [9.17, 15) is 26.3 Å². The number of nitrogens with zero attached hydrogens (tertiary/aromatic N) is 7. The molecule has 3 heterocycles. The van der Waals surface area contributed by atoms with Crippen LogP contribution >= 0.6 is 0 Å². The van der Waals surface area contributed by atoms with Crippen molar-refractivity contribution in [2.75, 3.05) is 0 Å². The van der Waals surface area contributed by atoms with E-state index >= 15 is 0 Å². The first-order chi connectivity index (χ1) is 28.3. The molecule has 0 amide bonds. The van der Waals surface area contributed by atoms with E-state index in [1.165, 1.54) is 6.07 Å². The minimum Gasteiger partial charge on any atom is -0.308 e. The zero-order valence-corrected chi connectivity index (χ0v) is 31.2. The summed E-state index contributed by atoms with van der Waals surface area (Å²) < 4.78 is 87.2. The van der Waals surface area contributed by atoms with E-state index in [2.05, 4.69) is 15.0 Å². The third kappa shape index (κ3) is 7.05. The van der Waals surface area contributed by atoms with Crippen molar-refractivity contribution in [2.24, 2.45) is 0 Å². The molecule has 0 saturated heterocycles. The zero-order valence-electron chi connectivity index (χ0n) is 31.2. The normalized spacial score (nSPS) is 12.1. The van der Waals surface area contributed by atoms with Gasteiger partial charge in [-0.15, -0.1) is 0 Å². The summed E-state index contributed by atoms with van der Waals surface area (Å²) in [6.45, 7) is 3.57. The van der Waals surface area contributed by atoms with Gasteiger partial charge in [0.15, 0.2) is 23.3 Å². The molecule has 6 aromatic carbocycles. The minimum atomic E-state index is -5.10. The van der Waals surface area contributed by atoms with E-state index in [0.29, 0.717) is 68.6 Å². The van der Waals surface area contributed by atoms with E-state index in [-0.39, 0.29) is 17.5 Å². The minimum absolute atomic E-state index is 0.0316. The molecule has 0 unspecified atom stereocenters. The SMILES string of the molecule is Cc1nc(C)nc(-c2ccc3c(c2)c2ccccc2n3-c2cc(-c3ccc(C(F)(F)F)cc3C(F)(F)F)ccc2-c2nc(-c3ccccc3)nc(-c3ccccc3)n2)n1. The second-order valence-corrected chi connectivity index (χ2v) is 13.9. The topological polar surface area (TPSA) is 82.3 Å². The summed E-state index contributed by atoms with van der Waals surface area (Å²) in [5.74, 6) is 2.54. The summed E-state index contributed by atoms with van der Waals surface area (Å²) >= 11 is 0. The maximum Gasteiger partial charge on any atom is 0.417 e. The summed E-state index contributed by atoms with van der Waals surface area (Å²) in [5.41, 5.74) is 1.12. The van der Waals surface area contributed by atoms with Crippen LogP contribution in [0.25, 0.3) is 84.2 Å². The molecule has 0 radical (unpaired) electrons. The highest BCUT2D eigenvalue weighted by Gasteiger charge is 2.38. The average Bonchev–Trinajstić information content (AvgIpc) is 3.56. The Bertz CT molecular complexity index is 2970. The van der Waals surface area contributed by atoms with Crippen molar-refractivity contribution in [1.29, 1.82) is 0 Å². The van der Waals surface area contributed by atoms with Crippen LogP contribution in [0.5, 0.6) is 0 Å². The standard InChI is InChI=1S/C46H29F6N7/c1-26-53-27(2)55-43(54-26)31-18-22-39-36(23-31)34-15-9-10-16-38(34)59(39)40-24-30(33-21-19-32(45(47,48)49)25-37(33)46(50,51)52)17-20-35(40)44-57-41(28-11-5-3-6-12-28)56-42(58-44)29-13-7-4-8-14-29/h3-25H,1-2H3. The molecule has 0 bridgehead atoms. The lowest BCUT2D eigenvalue weighted by atomic mass is 9.95. The number of aromatic nitrogens is 7. The summed E-state index contributed by atoms with van der Waals surface area (Å²) in [5, 5.41) is 1.61. The molecule has 7 nitrogen and oxygen atoms in total. The van der Waals surface area contributed by atoms with Crippen LogP contribution in [-0.4, -0.2) is 34.5 Å². The molecule has 3 aromatic heterocycles. The van der Waals surface area contributed by atoms with Gasteiger partial charge in [0.05, 0.1) is 27.8 Å². The van der Waals surface area contributed by atoms with Crippen LogP contribution in [0.15, 0.2) is 140 Å². The Kier molecular flexibility index (Phi) is 9.03. The lowest BCUT2D eigenvalue weighted by Gasteiger charge is -2.19. The van der Waals surface area contributed by atoms with Crippen molar-refractivity contribution in [1.82, 2.24) is 34.5 Å². The molecule has 13 heteroatoms. The molecule has 0 aliphatic carbocycles. The highest BCUT2D eigenvalue weighted by molar-refractivity contribution is 6.11. The van der Waals surface area contributed by atoms with Gasteiger partial charge in [-0.3, -0.25) is 0 Å². The largest absolute Gasteiger partial charge is 0.417 e. The lowest BCUT2D eigenvalue weighted by molar-refractivity contribution is -0.142. The number of para-hydroxylation sites is 1. The quantitative estimate of drug-likeness (QED) is 0.156. The van der Waals surface area contributed by atoms with Gasteiger partial charge in [0.1, 0.15) is 11.6 Å². The Balaban J connectivity index is 1.36. The van der Waals surface area contributed by atoms with Gasteiger partial charge < -0.3 is 4.57 Å². The number of hydrogen-bond donors (Lipinski definition) is 0. The highest BCUT2D eigenvalue weighted by atomic mass is 19.4. The molecule has 0 N–H and O–H groups in total. The van der Waals surface area contributed by atoms with Crippen molar-refractivity contribution < 1.29 is 26.3 Å². The predicted molar refractivity (Wildman–Crippen MR) is 214 cm³/mol. The molecule has 0 fully saturated rings. The predicted octanol–water partition coefficient (Wildman–Crippen LogP) is 12.1. The van der Waals surface area contributed by atoms with Crippen LogP contribution < -0.4 is 0 Å². The first-order valence-corrected chi connectivity index (χ1v) is 18.4. The van der Waals surface area contributed by atoms with Crippen molar-refractivity contribution in [3.05, 3.63) is 162 Å². The fourth-order valence-electron chi connectivity index (χ4n) is 7.33. The van der Waals surface area contributed by atoms with Crippen molar-refractivity contribution in [3.63, 3.8) is 0 Å². The number of rotatable bonds is 6. The first-order valence-electron chi connectivity index (χ1n) is 18.4. The second-order valence-electron chi connectivity index (χ2n) is 13.9. The third-order valence-corrected chi connectivity index (χ3v) is 9.93. The molecule has 9 rings (SSSR count). The smallest absolute Gasteiger partial charge is 0.308 e. The maximum absolute atomic E-state index is 14.7. The highest BCUT2D eigenvalue weighted by Crippen LogP contribution is 2.44. The molecule has 0 saturated carbocycles. The summed E-state index contributed by atoms with van der Waals surface area (Å²) in [7, 11) is 0. The Morgan fingerprint density at radius 1 is 0.407 bits per heavy atom. The molecule has 0 aliphatic heterocycles. The molecule has 0 aliphatic rings. The summed E-state index contributed by atoms with van der Waals surface area (Å²) in [4.78, 5) is 28.1. The Morgan fingerprint density at radius 3 is 1.58 bits per heavy atom. The van der Waals surface area contributed by atoms with E-state index < -0.39 is 29.0 Å². The molecule has 0 spiro atoms. The van der Waals surface area contributed by atoms with E-state index in [4.69, 9.17) is 15.0 Å². The molecule has 59 heavy (non-hydrogen) atoms. The van der Waals surface area contributed by atoms with Crippen LogP contribution in [0.2, 0.25) is 0 Å². The van der Waals surface area contributed by atoms with Gasteiger partial charge in [0, 0.05) is 33.0 Å². The number of hydrogen-bond acceptors (Lipinski definition) is 6. The fourth-order valence-corrected chi connectivity index (χ4v) is 7.33. The van der Waals surface area contributed by atoms with Crippen LogP contribution in [0.3, 0.4) is 0 Å². The van der Waals surface area contributed by atoms with Crippen LogP contribution in [0.4, 0.5) is 26.3 Å². The van der Waals surface area contributed by atoms with Crippen LogP contribution in [-0.2, 0) is 12.4 Å². The van der Waals surface area contributed by atoms with E-state index in [1.54, 1.807) is 26.0 Å². The van der Waals surface area contributed by atoms with Gasteiger partial charge in [-0.25, -0.2) is 29.9 Å². The van der Waals surface area contributed by atoms with Gasteiger partial charge in [-0.2, -0.15) is 26.3 Å². The van der Waals surface area contributed by atoms with Gasteiger partial charge in [0.2, 0.25) is 0 Å². The van der Waals surface area contributed by atoms with Gasteiger partial charge in [-0.05, 0) is 73.5 Å². The summed E-state index contributed by atoms with van der Waals surface area (Å²) in [6, 6.07) is 38.1. The number of fused-ring (bicyclic) bond motifs is 3. The molecular formula is C46H29F6N7. The van der Waals surface area contributed by atoms with E-state index in [1.807, 2.05) is 108 Å². The van der Waals surface area contributed by atoms with Gasteiger partial charge in [0.25, 0.3) is 0 Å². The Labute approximate surface area is 332 Å². The first kappa shape index (κ1) is 37.3. The van der Waals surface area contributed by atoms with Gasteiger partial charge >= 0.3 is 12.4 Å².